The number of nitrogens with zero attached hydrogens (tertiary/aromatic N) is 1. The second-order valence-electron chi connectivity index (χ2n) is 7.03. The third kappa shape index (κ3) is 3.34. The topological polar surface area (TPSA) is 74.4 Å². The molecule has 0 radical (unpaired) electrons. The molecule has 1 aromatic heterocycles. The fourth-order valence-electron chi connectivity index (χ4n) is 3.69. The summed E-state index contributed by atoms with van der Waals surface area (Å²) in [6, 6.07) is 5.53. The molecule has 3 rings (SSSR count). The van der Waals surface area contributed by atoms with Crippen LogP contribution in [-0.4, -0.2) is 42.6 Å². The van der Waals surface area contributed by atoms with Crippen LogP contribution in [-0.2, 0) is 20.7 Å². The van der Waals surface area contributed by atoms with Crippen LogP contribution in [0, 0.1) is 5.92 Å². The van der Waals surface area contributed by atoms with Crippen LogP contribution in [0.4, 0.5) is 5.69 Å². The van der Waals surface area contributed by atoms with E-state index in [9.17, 15) is 9.59 Å². The highest BCUT2D eigenvalue weighted by Crippen LogP contribution is 2.33. The van der Waals surface area contributed by atoms with Gasteiger partial charge >= 0.3 is 5.97 Å². The number of H-pyrrole nitrogens is 1. The molecule has 0 aliphatic carbocycles. The zero-order chi connectivity index (χ0) is 18.1. The number of ether oxygens (including phenoxy) is 1. The third-order valence-corrected chi connectivity index (χ3v) is 4.76. The molecule has 2 atom stereocenters. The second-order valence-corrected chi connectivity index (χ2v) is 7.03. The van der Waals surface area contributed by atoms with E-state index in [0.717, 1.165) is 22.2 Å². The van der Waals surface area contributed by atoms with Crippen molar-refractivity contribution in [1.29, 1.82) is 0 Å². The molecule has 0 unspecified atom stereocenters. The van der Waals surface area contributed by atoms with E-state index in [0.29, 0.717) is 6.42 Å². The van der Waals surface area contributed by atoms with Crippen molar-refractivity contribution < 1.29 is 14.3 Å². The van der Waals surface area contributed by atoms with E-state index in [4.69, 9.17) is 4.74 Å². The Hall–Kier alpha value is -2.50. The standard InChI is InChI=1S/C19H25N3O3/c1-11(2)18-19(24)21-14(10-25-12(3)23)8-13-9-20-15-6-5-7-16(17(13)15)22(18)4/h5-7,9,11,14,18,20H,8,10H2,1-4H3,(H,21,24)/t14-,18+/m1/s1. The van der Waals surface area contributed by atoms with E-state index in [1.807, 2.05) is 44.1 Å². The van der Waals surface area contributed by atoms with Gasteiger partial charge in [-0.1, -0.05) is 19.9 Å². The van der Waals surface area contributed by atoms with Gasteiger partial charge in [0.1, 0.15) is 12.6 Å². The van der Waals surface area contributed by atoms with Crippen molar-refractivity contribution in [2.24, 2.45) is 5.92 Å². The van der Waals surface area contributed by atoms with E-state index < -0.39 is 0 Å². The normalized spacial score (nSPS) is 20.8. The number of nitrogens with one attached hydrogen (secondary N) is 2. The van der Waals surface area contributed by atoms with Crippen LogP contribution < -0.4 is 10.2 Å². The summed E-state index contributed by atoms with van der Waals surface area (Å²) >= 11 is 0. The van der Waals surface area contributed by atoms with Crippen molar-refractivity contribution in [3.63, 3.8) is 0 Å². The first kappa shape index (κ1) is 17.3. The summed E-state index contributed by atoms with van der Waals surface area (Å²) in [4.78, 5) is 29.5. The summed E-state index contributed by atoms with van der Waals surface area (Å²) in [5.74, 6) is -0.248. The van der Waals surface area contributed by atoms with Crippen molar-refractivity contribution in [2.75, 3.05) is 18.6 Å². The fourth-order valence-corrected chi connectivity index (χ4v) is 3.69. The number of aromatic nitrogens is 1. The van der Waals surface area contributed by atoms with Gasteiger partial charge in [-0.25, -0.2) is 0 Å². The molecule has 2 N–H and O–H groups in total. The minimum absolute atomic E-state index is 0.0409. The SMILES string of the molecule is CC(=O)OC[C@H]1Cc2c[nH]c3cccc(c23)N(C)[C@@H](C(C)C)C(=O)N1. The molecule has 0 fully saturated rings. The molecule has 6 nitrogen and oxygen atoms in total. The van der Waals surface area contributed by atoms with E-state index in [1.165, 1.54) is 6.92 Å². The van der Waals surface area contributed by atoms with Crippen LogP contribution in [0.2, 0.25) is 0 Å². The maximum atomic E-state index is 12.9. The van der Waals surface area contributed by atoms with E-state index >= 15 is 0 Å². The minimum atomic E-state index is -0.341. The number of anilines is 1. The largest absolute Gasteiger partial charge is 0.464 e. The molecule has 1 aliphatic heterocycles. The van der Waals surface area contributed by atoms with Crippen LogP contribution in [0.1, 0.15) is 26.3 Å². The Kier molecular flexibility index (Phi) is 4.70. The minimum Gasteiger partial charge on any atom is -0.464 e. The summed E-state index contributed by atoms with van der Waals surface area (Å²) in [6.45, 7) is 5.63. The number of benzene rings is 1. The van der Waals surface area contributed by atoms with Gasteiger partial charge < -0.3 is 19.9 Å². The van der Waals surface area contributed by atoms with Crippen molar-refractivity contribution in [3.05, 3.63) is 30.0 Å². The molecule has 0 saturated heterocycles. The number of carbonyl (C=O) groups excluding carboxylic acids is 2. The van der Waals surface area contributed by atoms with Gasteiger partial charge in [0.2, 0.25) is 5.91 Å². The maximum Gasteiger partial charge on any atom is 0.302 e. The highest BCUT2D eigenvalue weighted by molar-refractivity contribution is 5.98. The number of likely N-dealkylation sites (N-methyl/N-ethyl adjacent to an activating group) is 1. The fraction of sp³-hybridized carbons (Fsp3) is 0.474. The Morgan fingerprint density at radius 3 is 2.84 bits per heavy atom. The van der Waals surface area contributed by atoms with E-state index in [-0.39, 0.29) is 36.5 Å². The molecule has 2 aromatic rings. The molecule has 0 spiro atoms. The van der Waals surface area contributed by atoms with E-state index in [2.05, 4.69) is 16.4 Å². The highest BCUT2D eigenvalue weighted by atomic mass is 16.5. The molecule has 1 aliphatic rings. The predicted octanol–water partition coefficient (Wildman–Crippen LogP) is 2.23. The van der Waals surface area contributed by atoms with Gasteiger partial charge in [-0.05, 0) is 30.0 Å². The Labute approximate surface area is 147 Å². The summed E-state index contributed by atoms with van der Waals surface area (Å²) < 4.78 is 5.17. The lowest BCUT2D eigenvalue weighted by atomic mass is 10.0. The molecule has 1 aromatic carbocycles. The first-order chi connectivity index (χ1) is 11.9. The molecule has 134 valence electrons. The first-order valence-electron chi connectivity index (χ1n) is 8.64. The van der Waals surface area contributed by atoms with Crippen molar-refractivity contribution in [3.8, 4) is 0 Å². The molecule has 0 saturated carbocycles. The third-order valence-electron chi connectivity index (χ3n) is 4.76. The number of esters is 1. The zero-order valence-electron chi connectivity index (χ0n) is 15.1. The monoisotopic (exact) mass is 343 g/mol. The van der Waals surface area contributed by atoms with Crippen LogP contribution in [0.15, 0.2) is 24.4 Å². The predicted molar refractivity (Wildman–Crippen MR) is 97.6 cm³/mol. The van der Waals surface area contributed by atoms with Crippen molar-refractivity contribution in [1.82, 2.24) is 10.3 Å². The maximum absolute atomic E-state index is 12.9. The number of hydrogen-bond donors (Lipinski definition) is 2. The molecular formula is C19H25N3O3. The van der Waals surface area contributed by atoms with E-state index in [1.54, 1.807) is 0 Å². The molecule has 6 heteroatoms. The van der Waals surface area contributed by atoms with Gasteiger partial charge in [-0.3, -0.25) is 9.59 Å². The lowest BCUT2D eigenvalue weighted by molar-refractivity contribution is -0.142. The lowest BCUT2D eigenvalue weighted by Crippen LogP contribution is -2.52. The summed E-state index contributed by atoms with van der Waals surface area (Å²) in [5, 5.41) is 4.20. The van der Waals surface area contributed by atoms with Crippen LogP contribution in [0.5, 0.6) is 0 Å². The smallest absolute Gasteiger partial charge is 0.302 e. The number of carbonyl (C=O) groups is 2. The quantitative estimate of drug-likeness (QED) is 0.838. The lowest BCUT2D eigenvalue weighted by Gasteiger charge is -2.32. The van der Waals surface area contributed by atoms with Gasteiger partial charge in [-0.2, -0.15) is 0 Å². The molecule has 2 heterocycles. The Morgan fingerprint density at radius 2 is 2.16 bits per heavy atom. The van der Waals surface area contributed by atoms with Crippen LogP contribution in [0.25, 0.3) is 10.9 Å². The molecule has 0 bridgehead atoms. The van der Waals surface area contributed by atoms with Crippen LogP contribution >= 0.6 is 0 Å². The summed E-state index contributed by atoms with van der Waals surface area (Å²) in [5.41, 5.74) is 3.19. The summed E-state index contributed by atoms with van der Waals surface area (Å²) in [7, 11) is 1.96. The average Bonchev–Trinajstić information content (AvgIpc) is 2.95. The van der Waals surface area contributed by atoms with Gasteiger partial charge in [-0.15, -0.1) is 0 Å². The average molecular weight is 343 g/mol. The van der Waals surface area contributed by atoms with Crippen molar-refractivity contribution >= 4 is 28.5 Å². The van der Waals surface area contributed by atoms with Gasteiger partial charge in [0.05, 0.1) is 6.04 Å². The first-order valence-corrected chi connectivity index (χ1v) is 8.64. The zero-order valence-corrected chi connectivity index (χ0v) is 15.1. The second kappa shape index (κ2) is 6.78. The molecule has 25 heavy (non-hydrogen) atoms. The number of rotatable bonds is 3. The highest BCUT2D eigenvalue weighted by Gasteiger charge is 2.32. The number of hydrogen-bond acceptors (Lipinski definition) is 4. The van der Waals surface area contributed by atoms with Crippen molar-refractivity contribution in [2.45, 2.75) is 39.3 Å². The molecule has 1 amide bonds. The Morgan fingerprint density at radius 1 is 1.40 bits per heavy atom. The Balaban J connectivity index is 2.09. The summed E-state index contributed by atoms with van der Waals surface area (Å²) in [6.07, 6.45) is 2.58. The van der Waals surface area contributed by atoms with Gasteiger partial charge in [0, 0.05) is 36.8 Å². The van der Waals surface area contributed by atoms with Gasteiger partial charge in [0.25, 0.3) is 0 Å². The van der Waals surface area contributed by atoms with Crippen LogP contribution in [0.3, 0.4) is 0 Å². The molecular weight excluding hydrogens is 318 g/mol. The number of amides is 1. The van der Waals surface area contributed by atoms with Gasteiger partial charge in [0.15, 0.2) is 0 Å². The number of aromatic amines is 1. The Bertz CT molecular complexity index is 796.